The number of hydrogen-bond donors (Lipinski definition) is 2. The SMILES string of the molecule is N#Cc1cc(F)c(NN=CC(Cl)=C(Cl)C(=O)O)cc1F. The third-order valence-electron chi connectivity index (χ3n) is 1.94. The van der Waals surface area contributed by atoms with Crippen LogP contribution in [0.4, 0.5) is 14.5 Å². The first kappa shape index (κ1) is 15.9. The summed E-state index contributed by atoms with van der Waals surface area (Å²) in [6, 6.07) is 2.89. The first-order valence-corrected chi connectivity index (χ1v) is 5.59. The molecule has 2 N–H and O–H groups in total. The monoisotopic (exact) mass is 319 g/mol. The van der Waals surface area contributed by atoms with Crippen LogP contribution in [0.3, 0.4) is 0 Å². The van der Waals surface area contributed by atoms with Gasteiger partial charge in [0.1, 0.15) is 22.7 Å². The van der Waals surface area contributed by atoms with Gasteiger partial charge in [0.15, 0.2) is 0 Å². The van der Waals surface area contributed by atoms with Gasteiger partial charge in [0.25, 0.3) is 0 Å². The molecule has 0 spiro atoms. The normalized spacial score (nSPS) is 11.9. The standard InChI is InChI=1S/C11H5Cl2F2N3O2/c12-6(10(13)11(19)20)4-17-18-9-2-7(14)5(3-16)1-8(9)15/h1-2,4,18H,(H,19,20). The third-order valence-corrected chi connectivity index (χ3v) is 2.69. The van der Waals surface area contributed by atoms with E-state index in [-0.39, 0.29) is 5.69 Å². The molecule has 0 bridgehead atoms. The van der Waals surface area contributed by atoms with Crippen LogP contribution >= 0.6 is 23.2 Å². The second-order valence-corrected chi connectivity index (χ2v) is 4.05. The number of nitriles is 1. The number of carbonyl (C=O) groups is 1. The molecule has 0 aromatic heterocycles. The van der Waals surface area contributed by atoms with E-state index < -0.39 is 33.2 Å². The van der Waals surface area contributed by atoms with Gasteiger partial charge in [-0.25, -0.2) is 13.6 Å². The number of rotatable bonds is 4. The van der Waals surface area contributed by atoms with Gasteiger partial charge in [-0.3, -0.25) is 5.43 Å². The van der Waals surface area contributed by atoms with Crippen molar-refractivity contribution >= 4 is 41.1 Å². The van der Waals surface area contributed by atoms with E-state index in [4.69, 9.17) is 33.6 Å². The maximum atomic E-state index is 13.4. The predicted octanol–water partition coefficient (Wildman–Crippen LogP) is 3.01. The first-order valence-electron chi connectivity index (χ1n) is 4.83. The van der Waals surface area contributed by atoms with Gasteiger partial charge >= 0.3 is 5.97 Å². The van der Waals surface area contributed by atoms with Gasteiger partial charge in [-0.15, -0.1) is 0 Å². The van der Waals surface area contributed by atoms with E-state index in [0.717, 1.165) is 12.3 Å². The highest BCUT2D eigenvalue weighted by atomic mass is 35.5. The minimum Gasteiger partial charge on any atom is -0.477 e. The van der Waals surface area contributed by atoms with Gasteiger partial charge in [-0.05, 0) is 6.07 Å². The highest BCUT2D eigenvalue weighted by Crippen LogP contribution is 2.19. The Morgan fingerprint density at radius 1 is 1.40 bits per heavy atom. The van der Waals surface area contributed by atoms with E-state index in [9.17, 15) is 13.6 Å². The van der Waals surface area contributed by atoms with Crippen LogP contribution in [-0.4, -0.2) is 17.3 Å². The topological polar surface area (TPSA) is 85.5 Å². The molecule has 0 heterocycles. The van der Waals surface area contributed by atoms with Crippen LogP contribution in [0.5, 0.6) is 0 Å². The number of aliphatic carboxylic acids is 1. The second-order valence-electron chi connectivity index (χ2n) is 3.26. The first-order chi connectivity index (χ1) is 9.36. The molecule has 0 atom stereocenters. The van der Waals surface area contributed by atoms with Crippen molar-refractivity contribution in [3.63, 3.8) is 0 Å². The van der Waals surface area contributed by atoms with Crippen molar-refractivity contribution in [1.29, 1.82) is 5.26 Å². The number of hydrogen-bond acceptors (Lipinski definition) is 4. The molecule has 20 heavy (non-hydrogen) atoms. The van der Waals surface area contributed by atoms with Crippen LogP contribution in [0.2, 0.25) is 0 Å². The molecule has 0 saturated carbocycles. The summed E-state index contributed by atoms with van der Waals surface area (Å²) >= 11 is 10.8. The van der Waals surface area contributed by atoms with E-state index in [1.807, 2.05) is 0 Å². The summed E-state index contributed by atoms with van der Waals surface area (Å²) in [5.74, 6) is -3.31. The highest BCUT2D eigenvalue weighted by Gasteiger charge is 2.10. The Morgan fingerprint density at radius 3 is 2.60 bits per heavy atom. The number of hydrazone groups is 1. The molecular weight excluding hydrogens is 315 g/mol. The van der Waals surface area contributed by atoms with Crippen molar-refractivity contribution in [2.75, 3.05) is 5.43 Å². The predicted molar refractivity (Wildman–Crippen MR) is 69.6 cm³/mol. The second kappa shape index (κ2) is 6.84. The molecule has 1 rings (SSSR count). The summed E-state index contributed by atoms with van der Waals surface area (Å²) in [4.78, 5) is 10.4. The third kappa shape index (κ3) is 3.91. The van der Waals surface area contributed by atoms with Gasteiger partial charge in [0, 0.05) is 6.07 Å². The number of anilines is 1. The van der Waals surface area contributed by atoms with Gasteiger partial charge in [0.2, 0.25) is 0 Å². The number of nitrogens with one attached hydrogen (secondary N) is 1. The molecule has 0 fully saturated rings. The van der Waals surface area contributed by atoms with E-state index in [2.05, 4.69) is 10.5 Å². The maximum Gasteiger partial charge on any atom is 0.348 e. The number of carboxylic acids is 1. The summed E-state index contributed by atoms with van der Waals surface area (Å²) in [6.07, 6.45) is 0.813. The summed E-state index contributed by atoms with van der Waals surface area (Å²) in [7, 11) is 0. The molecule has 5 nitrogen and oxygen atoms in total. The molecule has 1 aromatic rings. The van der Waals surface area contributed by atoms with Crippen molar-refractivity contribution in [3.05, 3.63) is 39.4 Å². The molecule has 0 aliphatic rings. The number of halogens is 4. The van der Waals surface area contributed by atoms with Gasteiger partial charge in [0.05, 0.1) is 22.5 Å². The smallest absolute Gasteiger partial charge is 0.348 e. The molecule has 0 aliphatic carbocycles. The van der Waals surface area contributed by atoms with Gasteiger partial charge < -0.3 is 5.11 Å². The van der Waals surface area contributed by atoms with Crippen molar-refractivity contribution in [3.8, 4) is 6.07 Å². The summed E-state index contributed by atoms with van der Waals surface area (Å²) < 4.78 is 26.6. The van der Waals surface area contributed by atoms with Crippen LogP contribution in [0.15, 0.2) is 27.3 Å². The summed E-state index contributed by atoms with van der Waals surface area (Å²) in [6.45, 7) is 0. The zero-order valence-corrected chi connectivity index (χ0v) is 11.0. The Morgan fingerprint density at radius 2 is 2.05 bits per heavy atom. The fraction of sp³-hybridized carbons (Fsp3) is 0. The van der Waals surface area contributed by atoms with E-state index >= 15 is 0 Å². The van der Waals surface area contributed by atoms with E-state index in [1.165, 1.54) is 6.07 Å². The molecule has 104 valence electrons. The lowest BCUT2D eigenvalue weighted by Crippen LogP contribution is -1.99. The van der Waals surface area contributed by atoms with E-state index in [1.54, 1.807) is 0 Å². The minimum absolute atomic E-state index is 0.353. The number of allylic oxidation sites excluding steroid dienone is 1. The Hall–Kier alpha value is -2.17. The molecule has 0 radical (unpaired) electrons. The van der Waals surface area contributed by atoms with Crippen LogP contribution < -0.4 is 5.43 Å². The summed E-state index contributed by atoms with van der Waals surface area (Å²) in [5.41, 5.74) is 1.30. The fourth-order valence-electron chi connectivity index (χ4n) is 1.04. The van der Waals surface area contributed by atoms with Crippen molar-refractivity contribution in [1.82, 2.24) is 0 Å². The molecule has 1 aromatic carbocycles. The Labute approximate surface area is 121 Å². The zero-order valence-electron chi connectivity index (χ0n) is 9.49. The zero-order chi connectivity index (χ0) is 15.3. The molecule has 0 saturated heterocycles. The maximum absolute atomic E-state index is 13.4. The van der Waals surface area contributed by atoms with Gasteiger partial charge in [-0.1, -0.05) is 23.2 Å². The largest absolute Gasteiger partial charge is 0.477 e. The van der Waals surface area contributed by atoms with Crippen molar-refractivity contribution in [2.45, 2.75) is 0 Å². The highest BCUT2D eigenvalue weighted by molar-refractivity contribution is 6.51. The Bertz CT molecular complexity index is 654. The molecule has 0 amide bonds. The molecule has 0 aliphatic heterocycles. The van der Waals surface area contributed by atoms with E-state index in [0.29, 0.717) is 6.07 Å². The van der Waals surface area contributed by atoms with Gasteiger partial charge in [-0.2, -0.15) is 10.4 Å². The summed E-state index contributed by atoms with van der Waals surface area (Å²) in [5, 5.41) is 19.3. The lowest BCUT2D eigenvalue weighted by Gasteiger charge is -2.03. The average Bonchev–Trinajstić information content (AvgIpc) is 2.40. The molecule has 9 heteroatoms. The van der Waals surface area contributed by atoms with Crippen LogP contribution in [0, 0.1) is 23.0 Å². The van der Waals surface area contributed by atoms with Crippen LogP contribution in [0.1, 0.15) is 5.56 Å². The van der Waals surface area contributed by atoms with Crippen LogP contribution in [-0.2, 0) is 4.79 Å². The fourth-order valence-corrected chi connectivity index (χ4v) is 1.21. The quantitative estimate of drug-likeness (QED) is 0.507. The van der Waals surface area contributed by atoms with Crippen molar-refractivity contribution < 1.29 is 18.7 Å². The number of nitrogens with zero attached hydrogens (tertiary/aromatic N) is 2. The lowest BCUT2D eigenvalue weighted by molar-refractivity contribution is -0.131. The Kier molecular flexibility index (Phi) is 5.43. The molecular formula is C11H5Cl2F2N3O2. The number of benzene rings is 1. The average molecular weight is 320 g/mol. The Balaban J connectivity index is 2.92. The molecule has 0 unspecified atom stereocenters. The minimum atomic E-state index is -1.46. The van der Waals surface area contributed by atoms with Crippen LogP contribution in [0.25, 0.3) is 0 Å². The van der Waals surface area contributed by atoms with Crippen molar-refractivity contribution in [2.24, 2.45) is 5.10 Å². The number of carboxylic acid groups (broad SMARTS) is 1. The lowest BCUT2D eigenvalue weighted by atomic mass is 10.2.